The van der Waals surface area contributed by atoms with E-state index in [1.54, 1.807) is 0 Å². The Morgan fingerprint density at radius 1 is 1.27 bits per heavy atom. The SMILES string of the molecule is O=C(Nc1cc(F)cc(Cl)c1)N1CCC(O)(C(F)(F)F)CC1. The molecule has 0 aromatic heterocycles. The molecule has 0 radical (unpaired) electrons. The van der Waals surface area contributed by atoms with Crippen molar-refractivity contribution in [2.24, 2.45) is 0 Å². The molecule has 0 aliphatic carbocycles. The highest BCUT2D eigenvalue weighted by Crippen LogP contribution is 2.38. The van der Waals surface area contributed by atoms with Crippen LogP contribution in [0.15, 0.2) is 18.2 Å². The fourth-order valence-corrected chi connectivity index (χ4v) is 2.41. The molecule has 0 atom stereocenters. The second kappa shape index (κ2) is 5.92. The summed E-state index contributed by atoms with van der Waals surface area (Å²) in [6.07, 6.45) is -5.94. The summed E-state index contributed by atoms with van der Waals surface area (Å²) in [6, 6.07) is 2.74. The Morgan fingerprint density at radius 3 is 2.36 bits per heavy atom. The molecule has 0 saturated carbocycles. The summed E-state index contributed by atoms with van der Waals surface area (Å²) in [7, 11) is 0. The number of rotatable bonds is 1. The van der Waals surface area contributed by atoms with Crippen molar-refractivity contribution in [3.05, 3.63) is 29.0 Å². The average molecular weight is 341 g/mol. The summed E-state index contributed by atoms with van der Waals surface area (Å²) in [5.74, 6) is -0.645. The van der Waals surface area contributed by atoms with E-state index in [1.165, 1.54) is 6.07 Å². The van der Waals surface area contributed by atoms with Gasteiger partial charge in [-0.2, -0.15) is 13.2 Å². The molecule has 2 rings (SSSR count). The van der Waals surface area contributed by atoms with E-state index in [0.717, 1.165) is 17.0 Å². The molecule has 122 valence electrons. The second-order valence-corrected chi connectivity index (χ2v) is 5.54. The molecule has 1 aromatic carbocycles. The van der Waals surface area contributed by atoms with Gasteiger partial charge >= 0.3 is 12.2 Å². The normalized spacial score (nSPS) is 18.2. The maximum atomic E-state index is 13.1. The Bertz CT molecular complexity index is 551. The number of urea groups is 1. The minimum Gasteiger partial charge on any atom is -0.380 e. The first kappa shape index (κ1) is 16.8. The van der Waals surface area contributed by atoms with E-state index >= 15 is 0 Å². The van der Waals surface area contributed by atoms with Crippen molar-refractivity contribution in [3.8, 4) is 0 Å². The number of benzene rings is 1. The Kier molecular flexibility index (Phi) is 4.53. The molecule has 2 amide bonds. The van der Waals surface area contributed by atoms with Crippen molar-refractivity contribution in [2.75, 3.05) is 18.4 Å². The molecule has 9 heteroatoms. The highest BCUT2D eigenvalue weighted by atomic mass is 35.5. The fraction of sp³-hybridized carbons (Fsp3) is 0.462. The van der Waals surface area contributed by atoms with Gasteiger partial charge in [-0.3, -0.25) is 0 Å². The summed E-state index contributed by atoms with van der Waals surface area (Å²) < 4.78 is 51.1. The van der Waals surface area contributed by atoms with Crippen molar-refractivity contribution < 1.29 is 27.5 Å². The Hall–Kier alpha value is -1.54. The van der Waals surface area contributed by atoms with Gasteiger partial charge in [-0.1, -0.05) is 11.6 Å². The van der Waals surface area contributed by atoms with E-state index in [0.29, 0.717) is 0 Å². The lowest BCUT2D eigenvalue weighted by atomic mass is 9.91. The van der Waals surface area contributed by atoms with Crippen LogP contribution in [0, 0.1) is 5.82 Å². The maximum Gasteiger partial charge on any atom is 0.417 e. The highest BCUT2D eigenvalue weighted by molar-refractivity contribution is 6.30. The van der Waals surface area contributed by atoms with E-state index in [9.17, 15) is 27.5 Å². The number of hydrogen-bond acceptors (Lipinski definition) is 2. The molecule has 1 heterocycles. The molecule has 0 unspecified atom stereocenters. The van der Waals surface area contributed by atoms with E-state index < -0.39 is 36.5 Å². The third-order valence-electron chi connectivity index (χ3n) is 3.52. The van der Waals surface area contributed by atoms with Crippen LogP contribution in [0.3, 0.4) is 0 Å². The summed E-state index contributed by atoms with van der Waals surface area (Å²) in [4.78, 5) is 13.1. The number of carbonyl (C=O) groups excluding carboxylic acids is 1. The van der Waals surface area contributed by atoms with Gasteiger partial charge < -0.3 is 15.3 Å². The van der Waals surface area contributed by atoms with Crippen LogP contribution in [0.2, 0.25) is 5.02 Å². The zero-order chi connectivity index (χ0) is 16.5. The Morgan fingerprint density at radius 2 is 1.86 bits per heavy atom. The molecular formula is C13H13ClF4N2O2. The lowest BCUT2D eigenvalue weighted by Gasteiger charge is -2.38. The zero-order valence-corrected chi connectivity index (χ0v) is 12.0. The van der Waals surface area contributed by atoms with Crippen molar-refractivity contribution in [1.29, 1.82) is 0 Å². The molecule has 4 nitrogen and oxygen atoms in total. The molecule has 1 aliphatic heterocycles. The Balaban J connectivity index is 1.98. The number of nitrogens with one attached hydrogen (secondary N) is 1. The summed E-state index contributed by atoms with van der Waals surface area (Å²) >= 11 is 5.64. The lowest BCUT2D eigenvalue weighted by molar-refractivity contribution is -0.271. The van der Waals surface area contributed by atoms with Gasteiger partial charge in [0.25, 0.3) is 0 Å². The van der Waals surface area contributed by atoms with Crippen LogP contribution in [0.4, 0.5) is 28.0 Å². The van der Waals surface area contributed by atoms with E-state index in [2.05, 4.69) is 5.32 Å². The summed E-state index contributed by atoms with van der Waals surface area (Å²) in [6.45, 7) is -0.518. The monoisotopic (exact) mass is 340 g/mol. The number of halogens is 5. The van der Waals surface area contributed by atoms with E-state index in [-0.39, 0.29) is 23.8 Å². The van der Waals surface area contributed by atoms with Gasteiger partial charge in [0.15, 0.2) is 5.60 Å². The molecule has 0 spiro atoms. The lowest BCUT2D eigenvalue weighted by Crippen LogP contribution is -2.55. The number of alkyl halides is 3. The summed E-state index contributed by atoms with van der Waals surface area (Å²) in [5, 5.41) is 12.0. The standard InChI is InChI=1S/C13H13ClF4N2O2/c14-8-5-9(15)7-10(6-8)19-11(21)20-3-1-12(22,2-4-20)13(16,17)18/h5-7,22H,1-4H2,(H,19,21). The number of nitrogens with zero attached hydrogens (tertiary/aromatic N) is 1. The Labute approximate surface area is 128 Å². The van der Waals surface area contributed by atoms with Crippen LogP contribution in [0.25, 0.3) is 0 Å². The fourth-order valence-electron chi connectivity index (χ4n) is 2.19. The van der Waals surface area contributed by atoms with Gasteiger partial charge in [-0.15, -0.1) is 0 Å². The van der Waals surface area contributed by atoms with Crippen LogP contribution >= 0.6 is 11.6 Å². The number of likely N-dealkylation sites (tertiary alicyclic amines) is 1. The van der Waals surface area contributed by atoms with Crippen LogP contribution in [-0.4, -0.2) is 40.9 Å². The van der Waals surface area contributed by atoms with Gasteiger partial charge in [0.2, 0.25) is 0 Å². The minimum atomic E-state index is -4.73. The van der Waals surface area contributed by atoms with E-state index in [4.69, 9.17) is 11.6 Å². The predicted molar refractivity (Wildman–Crippen MR) is 72.2 cm³/mol. The molecule has 1 aliphatic rings. The molecule has 1 saturated heterocycles. The van der Waals surface area contributed by atoms with Crippen LogP contribution in [-0.2, 0) is 0 Å². The third-order valence-corrected chi connectivity index (χ3v) is 3.74. The first-order valence-corrected chi connectivity index (χ1v) is 6.80. The quantitative estimate of drug-likeness (QED) is 0.770. The van der Waals surface area contributed by atoms with Crippen LogP contribution < -0.4 is 5.32 Å². The second-order valence-electron chi connectivity index (χ2n) is 5.10. The first-order valence-electron chi connectivity index (χ1n) is 6.42. The maximum absolute atomic E-state index is 13.1. The number of amides is 2. The van der Waals surface area contributed by atoms with Gasteiger partial charge in [0.05, 0.1) is 0 Å². The summed E-state index contributed by atoms with van der Waals surface area (Å²) in [5.41, 5.74) is -2.67. The number of hydrogen-bond donors (Lipinski definition) is 2. The molecule has 0 bridgehead atoms. The van der Waals surface area contributed by atoms with Gasteiger partial charge in [-0.05, 0) is 18.2 Å². The van der Waals surface area contributed by atoms with Gasteiger partial charge in [0.1, 0.15) is 5.82 Å². The van der Waals surface area contributed by atoms with Gasteiger partial charge in [-0.25, -0.2) is 9.18 Å². The largest absolute Gasteiger partial charge is 0.417 e. The molecule has 1 fully saturated rings. The number of carbonyl (C=O) groups is 1. The smallest absolute Gasteiger partial charge is 0.380 e. The van der Waals surface area contributed by atoms with Crippen molar-refractivity contribution in [1.82, 2.24) is 4.90 Å². The number of aliphatic hydroxyl groups is 1. The van der Waals surface area contributed by atoms with Crippen LogP contribution in [0.1, 0.15) is 12.8 Å². The number of piperidine rings is 1. The number of anilines is 1. The predicted octanol–water partition coefficient (Wildman–Crippen LogP) is 3.40. The third kappa shape index (κ3) is 3.61. The zero-order valence-electron chi connectivity index (χ0n) is 11.3. The molecule has 2 N–H and O–H groups in total. The molecular weight excluding hydrogens is 328 g/mol. The molecule has 1 aromatic rings. The minimum absolute atomic E-state index is 0.0837. The molecule has 22 heavy (non-hydrogen) atoms. The van der Waals surface area contributed by atoms with Crippen molar-refractivity contribution in [2.45, 2.75) is 24.6 Å². The first-order chi connectivity index (χ1) is 10.1. The highest BCUT2D eigenvalue weighted by Gasteiger charge is 2.54. The van der Waals surface area contributed by atoms with Crippen LogP contribution in [0.5, 0.6) is 0 Å². The van der Waals surface area contributed by atoms with E-state index in [1.807, 2.05) is 0 Å². The average Bonchev–Trinajstić information content (AvgIpc) is 2.36. The van der Waals surface area contributed by atoms with Crippen molar-refractivity contribution >= 4 is 23.3 Å². The topological polar surface area (TPSA) is 52.6 Å². The van der Waals surface area contributed by atoms with Gasteiger partial charge in [0, 0.05) is 36.6 Å². The van der Waals surface area contributed by atoms with Crippen molar-refractivity contribution in [3.63, 3.8) is 0 Å².